The van der Waals surface area contributed by atoms with Crippen molar-refractivity contribution in [3.05, 3.63) is 0 Å². The number of aliphatic imine (C=N–C) groups is 1. The molecular formula is C9H17N3OS. The van der Waals surface area contributed by atoms with Crippen LogP contribution in [0.1, 0.15) is 25.7 Å². The molecule has 0 aromatic heterocycles. The molecule has 2 N–H and O–H groups in total. The molecule has 0 aromatic carbocycles. The molecule has 5 heteroatoms. The highest BCUT2D eigenvalue weighted by molar-refractivity contribution is 8.13. The molecule has 0 aliphatic heterocycles. The first-order valence-electron chi connectivity index (χ1n) is 4.69. The van der Waals surface area contributed by atoms with E-state index in [1.54, 1.807) is 0 Å². The maximum Gasteiger partial charge on any atom is 0.183 e. The van der Waals surface area contributed by atoms with E-state index in [4.69, 9.17) is 10.4 Å². The average Bonchev–Trinajstić information content (AvgIpc) is 2.21. The molecule has 0 radical (unpaired) electrons. The SMILES string of the molecule is CSC(=NCCCCCCO)NC#N. The van der Waals surface area contributed by atoms with E-state index in [1.807, 2.05) is 12.4 Å². The van der Waals surface area contributed by atoms with Gasteiger partial charge in [-0.15, -0.1) is 0 Å². The van der Waals surface area contributed by atoms with E-state index in [2.05, 4.69) is 10.3 Å². The summed E-state index contributed by atoms with van der Waals surface area (Å²) in [6.45, 7) is 1.02. The van der Waals surface area contributed by atoms with Crippen LogP contribution in [-0.2, 0) is 0 Å². The summed E-state index contributed by atoms with van der Waals surface area (Å²) in [7, 11) is 0. The van der Waals surface area contributed by atoms with Crippen LogP contribution in [0.4, 0.5) is 0 Å². The van der Waals surface area contributed by atoms with Crippen molar-refractivity contribution in [1.29, 1.82) is 5.26 Å². The zero-order valence-corrected chi connectivity index (χ0v) is 9.31. The van der Waals surface area contributed by atoms with Crippen LogP contribution in [0.5, 0.6) is 0 Å². The summed E-state index contributed by atoms with van der Waals surface area (Å²) in [5, 5.41) is 20.1. The Morgan fingerprint density at radius 2 is 2.14 bits per heavy atom. The van der Waals surface area contributed by atoms with E-state index in [9.17, 15) is 0 Å². The second-order valence-electron chi connectivity index (χ2n) is 2.77. The molecule has 0 fully saturated rings. The third kappa shape index (κ3) is 7.90. The van der Waals surface area contributed by atoms with Gasteiger partial charge >= 0.3 is 0 Å². The van der Waals surface area contributed by atoms with E-state index in [1.165, 1.54) is 11.8 Å². The van der Waals surface area contributed by atoms with Gasteiger partial charge in [0.2, 0.25) is 0 Å². The minimum absolute atomic E-state index is 0.273. The Labute approximate surface area is 89.4 Å². The largest absolute Gasteiger partial charge is 0.396 e. The molecule has 4 nitrogen and oxygen atoms in total. The average molecular weight is 215 g/mol. The van der Waals surface area contributed by atoms with Gasteiger partial charge in [-0.3, -0.25) is 10.3 Å². The molecule has 0 rings (SSSR count). The number of hydrogen-bond donors (Lipinski definition) is 2. The van der Waals surface area contributed by atoms with E-state index < -0.39 is 0 Å². The smallest absolute Gasteiger partial charge is 0.183 e. The number of amidine groups is 1. The second kappa shape index (κ2) is 10.4. The van der Waals surface area contributed by atoms with Gasteiger partial charge in [-0.2, -0.15) is 5.26 Å². The van der Waals surface area contributed by atoms with Crippen LogP contribution in [-0.4, -0.2) is 29.7 Å². The fraction of sp³-hybridized carbons (Fsp3) is 0.778. The lowest BCUT2D eigenvalue weighted by atomic mass is 10.2. The quantitative estimate of drug-likeness (QED) is 0.230. The van der Waals surface area contributed by atoms with Gasteiger partial charge < -0.3 is 5.11 Å². The third-order valence-corrected chi connectivity index (χ3v) is 2.30. The number of hydrogen-bond acceptors (Lipinski definition) is 4. The summed E-state index contributed by atoms with van der Waals surface area (Å²) in [6.07, 6.45) is 7.74. The van der Waals surface area contributed by atoms with Crippen molar-refractivity contribution in [1.82, 2.24) is 5.32 Å². The van der Waals surface area contributed by atoms with Gasteiger partial charge in [-0.1, -0.05) is 24.6 Å². The van der Waals surface area contributed by atoms with Crippen molar-refractivity contribution in [2.75, 3.05) is 19.4 Å². The molecule has 0 saturated carbocycles. The lowest BCUT2D eigenvalue weighted by Crippen LogP contribution is -2.13. The molecule has 0 aliphatic carbocycles. The molecule has 0 aromatic rings. The highest BCUT2D eigenvalue weighted by Gasteiger charge is 1.93. The monoisotopic (exact) mass is 215 g/mol. The second-order valence-corrected chi connectivity index (χ2v) is 3.56. The first kappa shape index (κ1) is 13.3. The van der Waals surface area contributed by atoms with Crippen molar-refractivity contribution in [3.8, 4) is 6.19 Å². The Morgan fingerprint density at radius 3 is 2.71 bits per heavy atom. The molecule has 0 amide bonds. The maximum absolute atomic E-state index is 8.54. The van der Waals surface area contributed by atoms with Gasteiger partial charge in [-0.05, 0) is 19.1 Å². The van der Waals surface area contributed by atoms with Crippen molar-refractivity contribution >= 4 is 16.9 Å². The lowest BCUT2D eigenvalue weighted by Gasteiger charge is -1.99. The maximum atomic E-state index is 8.54. The van der Waals surface area contributed by atoms with E-state index >= 15 is 0 Å². The zero-order chi connectivity index (χ0) is 10.6. The summed E-state index contributed by atoms with van der Waals surface area (Å²) in [5.74, 6) is 0. The standard InChI is InChI=1S/C9H17N3OS/c1-14-9(12-8-10)11-6-4-2-3-5-7-13/h13H,2-7H2,1H3,(H,11,12). The van der Waals surface area contributed by atoms with Crippen LogP contribution in [0.25, 0.3) is 0 Å². The predicted octanol–water partition coefficient (Wildman–Crippen LogP) is 1.33. The van der Waals surface area contributed by atoms with E-state index in [0.717, 1.165) is 32.2 Å². The number of unbranched alkanes of at least 4 members (excludes halogenated alkanes) is 3. The Kier molecular flexibility index (Phi) is 9.81. The first-order chi connectivity index (χ1) is 6.85. The number of thioether (sulfide) groups is 1. The molecule has 0 spiro atoms. The molecule has 14 heavy (non-hydrogen) atoms. The van der Waals surface area contributed by atoms with Crippen molar-refractivity contribution in [2.45, 2.75) is 25.7 Å². The number of nitrogens with zero attached hydrogens (tertiary/aromatic N) is 2. The van der Waals surface area contributed by atoms with E-state index in [0.29, 0.717) is 5.17 Å². The summed E-state index contributed by atoms with van der Waals surface area (Å²) < 4.78 is 0. The van der Waals surface area contributed by atoms with Crippen molar-refractivity contribution in [2.24, 2.45) is 4.99 Å². The summed E-state index contributed by atoms with van der Waals surface area (Å²) >= 11 is 1.44. The van der Waals surface area contributed by atoms with Gasteiger partial charge in [0.1, 0.15) is 0 Å². The lowest BCUT2D eigenvalue weighted by molar-refractivity contribution is 0.282. The minimum Gasteiger partial charge on any atom is -0.396 e. The van der Waals surface area contributed by atoms with Crippen molar-refractivity contribution < 1.29 is 5.11 Å². The van der Waals surface area contributed by atoms with Gasteiger partial charge in [-0.25, -0.2) is 0 Å². The normalized spacial score (nSPS) is 11.1. The molecular weight excluding hydrogens is 198 g/mol. The summed E-state index contributed by atoms with van der Waals surface area (Å²) in [6, 6.07) is 0. The van der Waals surface area contributed by atoms with E-state index in [-0.39, 0.29) is 6.61 Å². The molecule has 0 bridgehead atoms. The van der Waals surface area contributed by atoms with Crippen LogP contribution < -0.4 is 5.32 Å². The van der Waals surface area contributed by atoms with Crippen molar-refractivity contribution in [3.63, 3.8) is 0 Å². The van der Waals surface area contributed by atoms with Crippen LogP contribution in [0.15, 0.2) is 4.99 Å². The van der Waals surface area contributed by atoms with Crippen LogP contribution in [0.2, 0.25) is 0 Å². The Hall–Kier alpha value is -0.730. The van der Waals surface area contributed by atoms with Gasteiger partial charge in [0, 0.05) is 13.2 Å². The number of aliphatic hydroxyl groups is 1. The molecule has 0 unspecified atom stereocenters. The number of nitrogens with one attached hydrogen (secondary N) is 1. The molecule has 80 valence electrons. The predicted molar refractivity (Wildman–Crippen MR) is 60.1 cm³/mol. The Balaban J connectivity index is 3.44. The topological polar surface area (TPSA) is 68.4 Å². The fourth-order valence-corrected chi connectivity index (χ4v) is 1.33. The first-order valence-corrected chi connectivity index (χ1v) is 5.92. The van der Waals surface area contributed by atoms with Crippen LogP contribution in [0, 0.1) is 11.5 Å². The fourth-order valence-electron chi connectivity index (χ4n) is 0.961. The highest BCUT2D eigenvalue weighted by Crippen LogP contribution is 2.01. The van der Waals surface area contributed by atoms with Gasteiger partial charge in [0.05, 0.1) is 0 Å². The Bertz CT molecular complexity index is 201. The Morgan fingerprint density at radius 1 is 1.43 bits per heavy atom. The number of rotatable bonds is 6. The summed E-state index contributed by atoms with van der Waals surface area (Å²) in [5.41, 5.74) is 0. The molecule has 0 saturated heterocycles. The molecule has 0 aliphatic rings. The number of nitriles is 1. The van der Waals surface area contributed by atoms with Crippen LogP contribution in [0.3, 0.4) is 0 Å². The molecule has 0 heterocycles. The zero-order valence-electron chi connectivity index (χ0n) is 8.49. The van der Waals surface area contributed by atoms with Crippen LogP contribution >= 0.6 is 11.8 Å². The number of aliphatic hydroxyl groups excluding tert-OH is 1. The minimum atomic E-state index is 0.273. The summed E-state index contributed by atoms with van der Waals surface area (Å²) in [4.78, 5) is 4.21. The third-order valence-electron chi connectivity index (χ3n) is 1.68. The highest BCUT2D eigenvalue weighted by atomic mass is 32.2. The molecule has 0 atom stereocenters. The van der Waals surface area contributed by atoms with Gasteiger partial charge in [0.25, 0.3) is 0 Å². The van der Waals surface area contributed by atoms with Gasteiger partial charge in [0.15, 0.2) is 11.4 Å².